The van der Waals surface area contributed by atoms with Gasteiger partial charge in [0.2, 0.25) is 0 Å². The number of benzene rings is 1. The molecule has 0 bridgehead atoms. The molecule has 0 saturated heterocycles. The summed E-state index contributed by atoms with van der Waals surface area (Å²) in [6, 6.07) is 2.96. The second kappa shape index (κ2) is 5.07. The molecule has 15 heavy (non-hydrogen) atoms. The summed E-state index contributed by atoms with van der Waals surface area (Å²) in [5, 5.41) is 8.44. The van der Waals surface area contributed by atoms with Gasteiger partial charge in [-0.05, 0) is 40.0 Å². The highest BCUT2D eigenvalue weighted by Crippen LogP contribution is 2.24. The Hall–Kier alpha value is -1.16. The van der Waals surface area contributed by atoms with Crippen molar-refractivity contribution < 1.29 is 14.3 Å². The molecule has 0 fully saturated rings. The Morgan fingerprint density at radius 3 is 2.87 bits per heavy atom. The number of carboxylic acids is 1. The van der Waals surface area contributed by atoms with Gasteiger partial charge in [0.05, 0.1) is 6.42 Å². The first-order chi connectivity index (χ1) is 7.02. The van der Waals surface area contributed by atoms with Crippen molar-refractivity contribution >= 4 is 28.0 Å². The number of halogens is 2. The lowest BCUT2D eigenvalue weighted by atomic mass is 10.1. The molecular formula is C11H10BrFO2. The van der Waals surface area contributed by atoms with Gasteiger partial charge in [-0.1, -0.05) is 18.2 Å². The second-order valence-corrected chi connectivity index (χ2v) is 3.87. The van der Waals surface area contributed by atoms with Crippen molar-refractivity contribution in [1.29, 1.82) is 0 Å². The van der Waals surface area contributed by atoms with Crippen LogP contribution in [0.2, 0.25) is 0 Å². The minimum absolute atomic E-state index is 0.0388. The van der Waals surface area contributed by atoms with Crippen LogP contribution in [0.4, 0.5) is 4.39 Å². The Morgan fingerprint density at radius 1 is 1.60 bits per heavy atom. The minimum atomic E-state index is -0.888. The van der Waals surface area contributed by atoms with Gasteiger partial charge in [0.15, 0.2) is 0 Å². The van der Waals surface area contributed by atoms with Gasteiger partial charge in [-0.15, -0.1) is 0 Å². The van der Waals surface area contributed by atoms with Gasteiger partial charge in [0.1, 0.15) is 5.82 Å². The molecule has 1 aromatic rings. The number of carboxylic acid groups (broad SMARTS) is 1. The normalized spacial score (nSPS) is 10.9. The maximum atomic E-state index is 13.1. The highest BCUT2D eigenvalue weighted by Gasteiger charge is 2.04. The number of rotatable bonds is 3. The van der Waals surface area contributed by atoms with Crippen molar-refractivity contribution in [2.45, 2.75) is 13.3 Å². The SMILES string of the molecule is Cc1c(F)ccc(/C=C/CC(=O)O)c1Br. The highest BCUT2D eigenvalue weighted by atomic mass is 79.9. The number of aliphatic carboxylic acids is 1. The van der Waals surface area contributed by atoms with Gasteiger partial charge in [-0.25, -0.2) is 4.39 Å². The molecule has 0 unspecified atom stereocenters. The fraction of sp³-hybridized carbons (Fsp3) is 0.182. The maximum absolute atomic E-state index is 13.1. The molecule has 0 aliphatic rings. The third kappa shape index (κ3) is 3.16. The fourth-order valence-corrected chi connectivity index (χ4v) is 1.55. The Labute approximate surface area is 95.6 Å². The molecule has 0 aromatic heterocycles. The van der Waals surface area contributed by atoms with Crippen molar-refractivity contribution in [3.63, 3.8) is 0 Å². The number of hydrogen-bond acceptors (Lipinski definition) is 1. The van der Waals surface area contributed by atoms with Crippen molar-refractivity contribution in [2.75, 3.05) is 0 Å². The predicted molar refractivity (Wildman–Crippen MR) is 60.1 cm³/mol. The van der Waals surface area contributed by atoms with Gasteiger partial charge in [0, 0.05) is 4.47 Å². The summed E-state index contributed by atoms with van der Waals surface area (Å²) in [6.45, 7) is 1.66. The van der Waals surface area contributed by atoms with E-state index in [1.807, 2.05) is 0 Å². The van der Waals surface area contributed by atoms with E-state index in [1.54, 1.807) is 19.1 Å². The van der Waals surface area contributed by atoms with Crippen LogP contribution in [0, 0.1) is 12.7 Å². The summed E-state index contributed by atoms with van der Waals surface area (Å²) in [4.78, 5) is 10.3. The quantitative estimate of drug-likeness (QED) is 0.916. The molecule has 0 amide bonds. The topological polar surface area (TPSA) is 37.3 Å². The van der Waals surface area contributed by atoms with Crippen LogP contribution in [-0.2, 0) is 4.79 Å². The van der Waals surface area contributed by atoms with Gasteiger partial charge in [-0.2, -0.15) is 0 Å². The monoisotopic (exact) mass is 272 g/mol. The largest absolute Gasteiger partial charge is 0.481 e. The molecule has 1 rings (SSSR count). The summed E-state index contributed by atoms with van der Waals surface area (Å²) in [5.41, 5.74) is 1.29. The van der Waals surface area contributed by atoms with E-state index in [4.69, 9.17) is 5.11 Å². The summed E-state index contributed by atoms with van der Waals surface area (Å²) in [5.74, 6) is -1.17. The Bertz CT molecular complexity index is 413. The lowest BCUT2D eigenvalue weighted by Crippen LogP contribution is -1.90. The first-order valence-electron chi connectivity index (χ1n) is 4.35. The van der Waals surface area contributed by atoms with Crippen LogP contribution >= 0.6 is 15.9 Å². The molecule has 0 spiro atoms. The third-order valence-electron chi connectivity index (χ3n) is 1.94. The standard InChI is InChI=1S/C11H10BrFO2/c1-7-9(13)6-5-8(11(7)12)3-2-4-10(14)15/h2-3,5-6H,4H2,1H3,(H,14,15)/b3-2+. The van der Waals surface area contributed by atoms with E-state index in [2.05, 4.69) is 15.9 Å². The van der Waals surface area contributed by atoms with E-state index < -0.39 is 5.97 Å². The van der Waals surface area contributed by atoms with Crippen molar-refractivity contribution in [3.05, 3.63) is 39.6 Å². The zero-order valence-corrected chi connectivity index (χ0v) is 9.71. The Balaban J connectivity index is 2.92. The van der Waals surface area contributed by atoms with Crippen LogP contribution in [-0.4, -0.2) is 11.1 Å². The van der Waals surface area contributed by atoms with Crippen LogP contribution < -0.4 is 0 Å². The summed E-state index contributed by atoms with van der Waals surface area (Å²) in [6.07, 6.45) is 3.15. The lowest BCUT2D eigenvalue weighted by molar-refractivity contribution is -0.135. The minimum Gasteiger partial charge on any atom is -0.481 e. The third-order valence-corrected chi connectivity index (χ3v) is 2.99. The Morgan fingerprint density at radius 2 is 2.27 bits per heavy atom. The molecule has 0 heterocycles. The zero-order valence-electron chi connectivity index (χ0n) is 8.13. The molecular weight excluding hydrogens is 263 g/mol. The maximum Gasteiger partial charge on any atom is 0.307 e. The fourth-order valence-electron chi connectivity index (χ4n) is 1.10. The van der Waals surface area contributed by atoms with Crippen LogP contribution in [0.5, 0.6) is 0 Å². The van der Waals surface area contributed by atoms with Crippen LogP contribution in [0.15, 0.2) is 22.7 Å². The summed E-state index contributed by atoms with van der Waals surface area (Å²) < 4.78 is 13.7. The molecule has 1 N–H and O–H groups in total. The van der Waals surface area contributed by atoms with Gasteiger partial charge in [0.25, 0.3) is 0 Å². The summed E-state index contributed by atoms with van der Waals surface area (Å²) in [7, 11) is 0. The highest BCUT2D eigenvalue weighted by molar-refractivity contribution is 9.10. The molecule has 0 aliphatic carbocycles. The first-order valence-corrected chi connectivity index (χ1v) is 5.14. The van der Waals surface area contributed by atoms with E-state index in [0.29, 0.717) is 10.0 Å². The zero-order chi connectivity index (χ0) is 11.4. The molecule has 0 saturated carbocycles. The van der Waals surface area contributed by atoms with Crippen molar-refractivity contribution in [3.8, 4) is 0 Å². The van der Waals surface area contributed by atoms with Crippen LogP contribution in [0.25, 0.3) is 6.08 Å². The van der Waals surface area contributed by atoms with E-state index in [-0.39, 0.29) is 12.2 Å². The smallest absolute Gasteiger partial charge is 0.307 e. The van der Waals surface area contributed by atoms with E-state index in [9.17, 15) is 9.18 Å². The predicted octanol–water partition coefficient (Wildman–Crippen LogP) is 3.38. The Kier molecular flexibility index (Phi) is 4.03. The molecule has 80 valence electrons. The number of hydrogen-bond donors (Lipinski definition) is 1. The van der Waals surface area contributed by atoms with Crippen molar-refractivity contribution in [2.24, 2.45) is 0 Å². The second-order valence-electron chi connectivity index (χ2n) is 3.08. The van der Waals surface area contributed by atoms with Gasteiger partial charge >= 0.3 is 5.97 Å². The first kappa shape index (κ1) is 11.9. The van der Waals surface area contributed by atoms with E-state index in [0.717, 1.165) is 5.56 Å². The van der Waals surface area contributed by atoms with Gasteiger partial charge < -0.3 is 5.11 Å². The summed E-state index contributed by atoms with van der Waals surface area (Å²) >= 11 is 3.26. The van der Waals surface area contributed by atoms with Crippen LogP contribution in [0.3, 0.4) is 0 Å². The van der Waals surface area contributed by atoms with Gasteiger partial charge in [-0.3, -0.25) is 4.79 Å². The molecule has 0 aliphatic heterocycles. The van der Waals surface area contributed by atoms with E-state index in [1.165, 1.54) is 12.1 Å². The van der Waals surface area contributed by atoms with Crippen LogP contribution in [0.1, 0.15) is 17.5 Å². The average Bonchev–Trinajstić information content (AvgIpc) is 2.18. The molecule has 4 heteroatoms. The van der Waals surface area contributed by atoms with Crippen molar-refractivity contribution in [1.82, 2.24) is 0 Å². The lowest BCUT2D eigenvalue weighted by Gasteiger charge is -2.03. The molecule has 2 nitrogen and oxygen atoms in total. The molecule has 0 atom stereocenters. The average molecular weight is 273 g/mol. The van der Waals surface area contributed by atoms with E-state index >= 15 is 0 Å². The molecule has 1 aromatic carbocycles. The molecule has 0 radical (unpaired) electrons. The number of carbonyl (C=O) groups is 1.